The lowest BCUT2D eigenvalue weighted by Gasteiger charge is -2.21. The lowest BCUT2D eigenvalue weighted by atomic mass is 10.2. The van der Waals surface area contributed by atoms with Gasteiger partial charge in [0.05, 0.1) is 31.1 Å². The molecule has 0 fully saturated rings. The van der Waals surface area contributed by atoms with Crippen molar-refractivity contribution in [1.82, 2.24) is 18.7 Å². The Morgan fingerprint density at radius 2 is 1.91 bits per heavy atom. The summed E-state index contributed by atoms with van der Waals surface area (Å²) in [5.74, 6) is 0.587. The molecule has 0 saturated heterocycles. The quantitative estimate of drug-likeness (QED) is 0.208. The number of nitrogens with one attached hydrogen (secondary N) is 1. The van der Waals surface area contributed by atoms with Crippen molar-refractivity contribution in [2.24, 2.45) is 12.0 Å². The number of aliphatic imine (C=N–C) groups is 1. The highest BCUT2D eigenvalue weighted by Gasteiger charge is 2.21. The van der Waals surface area contributed by atoms with Crippen molar-refractivity contribution >= 4 is 29.6 Å². The van der Waals surface area contributed by atoms with Crippen LogP contribution in [0.2, 0.25) is 0 Å². The molecule has 2 aromatic carbocycles. The second-order valence-electron chi connectivity index (χ2n) is 8.10. The molecule has 4 rings (SSSR count). The number of hydrogen-bond donors (Lipinski definition) is 3. The van der Waals surface area contributed by atoms with Crippen molar-refractivity contribution in [3.63, 3.8) is 0 Å². The summed E-state index contributed by atoms with van der Waals surface area (Å²) in [5.41, 5.74) is 9.27. The molecular weight excluding hydrogens is 462 g/mol. The number of nitrogens with zero attached hydrogens (tertiary/aromatic N) is 5. The first-order valence-corrected chi connectivity index (χ1v) is 11.5. The van der Waals surface area contributed by atoms with Crippen molar-refractivity contribution in [2.75, 3.05) is 17.7 Å². The minimum Gasteiger partial charge on any atom is -0.394 e. The van der Waals surface area contributed by atoms with E-state index in [1.54, 1.807) is 26.5 Å². The fraction of sp³-hybridized carbons (Fsp3) is 0.200. The van der Waals surface area contributed by atoms with Crippen LogP contribution in [0, 0.1) is 4.64 Å². The van der Waals surface area contributed by atoms with Gasteiger partial charge in [-0.25, -0.2) is 9.78 Å². The maximum Gasteiger partial charge on any atom is 0.330 e. The fourth-order valence-electron chi connectivity index (χ4n) is 3.67. The van der Waals surface area contributed by atoms with Crippen LogP contribution in [0.25, 0.3) is 5.69 Å². The number of benzene rings is 2. The van der Waals surface area contributed by atoms with E-state index in [9.17, 15) is 9.90 Å². The van der Waals surface area contributed by atoms with Gasteiger partial charge in [-0.15, -0.1) is 0 Å². The third kappa shape index (κ3) is 5.08. The molecule has 0 aliphatic heterocycles. The average Bonchev–Trinajstić information content (AvgIpc) is 3.42. The number of rotatable bonds is 7. The predicted octanol–water partition coefficient (Wildman–Crippen LogP) is 3.30. The first-order chi connectivity index (χ1) is 16.9. The van der Waals surface area contributed by atoms with Crippen LogP contribution in [-0.2, 0) is 13.6 Å². The van der Waals surface area contributed by atoms with Crippen LogP contribution in [0.1, 0.15) is 24.1 Å². The Bertz CT molecular complexity index is 1440. The summed E-state index contributed by atoms with van der Waals surface area (Å²) in [7, 11) is 1.59. The number of imidazole rings is 1. The van der Waals surface area contributed by atoms with Gasteiger partial charge in [0.25, 0.3) is 0 Å². The van der Waals surface area contributed by atoms with Crippen molar-refractivity contribution in [3.8, 4) is 5.69 Å². The number of hydrogen-bond acceptors (Lipinski definition) is 6. The molecule has 1 atom stereocenters. The Balaban J connectivity index is 1.78. The summed E-state index contributed by atoms with van der Waals surface area (Å²) < 4.78 is 4.86. The molecule has 0 spiro atoms. The number of aliphatic hydroxyl groups is 1. The molecule has 0 radical (unpaired) electrons. The molecule has 9 nitrogen and oxygen atoms in total. The van der Waals surface area contributed by atoms with Crippen LogP contribution in [0.15, 0.2) is 83.1 Å². The number of aromatic nitrogens is 4. The van der Waals surface area contributed by atoms with Gasteiger partial charge in [-0.2, -0.15) is 0 Å². The second-order valence-corrected chi connectivity index (χ2v) is 8.49. The van der Waals surface area contributed by atoms with Gasteiger partial charge in [0.2, 0.25) is 0 Å². The smallest absolute Gasteiger partial charge is 0.330 e. The number of nitrogen functional groups attached to an aromatic ring is 1. The van der Waals surface area contributed by atoms with E-state index < -0.39 is 11.7 Å². The van der Waals surface area contributed by atoms with Crippen LogP contribution in [0.4, 0.5) is 11.5 Å². The van der Waals surface area contributed by atoms with E-state index in [1.165, 1.54) is 9.13 Å². The number of amidine groups is 1. The number of para-hydroxylation sites is 1. The van der Waals surface area contributed by atoms with E-state index >= 15 is 0 Å². The number of aliphatic hydroxyl groups excluding tert-OH is 1. The molecule has 0 aliphatic carbocycles. The molecule has 180 valence electrons. The van der Waals surface area contributed by atoms with E-state index in [0.717, 1.165) is 16.9 Å². The Kier molecular flexibility index (Phi) is 7.23. The number of nitrogens with two attached hydrogens (primary N) is 1. The molecule has 2 aromatic heterocycles. The van der Waals surface area contributed by atoms with Crippen molar-refractivity contribution < 1.29 is 5.11 Å². The monoisotopic (exact) mass is 489 g/mol. The Morgan fingerprint density at radius 3 is 2.54 bits per heavy atom. The Morgan fingerprint density at radius 1 is 1.20 bits per heavy atom. The zero-order valence-electron chi connectivity index (χ0n) is 19.5. The van der Waals surface area contributed by atoms with Gasteiger partial charge in [0, 0.05) is 30.8 Å². The molecule has 0 aliphatic rings. The molecule has 35 heavy (non-hydrogen) atoms. The fourth-order valence-corrected chi connectivity index (χ4v) is 3.95. The van der Waals surface area contributed by atoms with Gasteiger partial charge < -0.3 is 20.7 Å². The zero-order valence-corrected chi connectivity index (χ0v) is 20.3. The van der Waals surface area contributed by atoms with Gasteiger partial charge in [-0.3, -0.25) is 14.1 Å². The molecule has 2 heterocycles. The van der Waals surface area contributed by atoms with Crippen molar-refractivity contribution in [3.05, 3.63) is 99.6 Å². The van der Waals surface area contributed by atoms with E-state index in [0.29, 0.717) is 17.9 Å². The molecule has 1 unspecified atom stereocenters. The van der Waals surface area contributed by atoms with Crippen LogP contribution in [0.3, 0.4) is 0 Å². The Labute approximate surface area is 207 Å². The van der Waals surface area contributed by atoms with Crippen molar-refractivity contribution in [1.29, 1.82) is 0 Å². The maximum absolute atomic E-state index is 12.9. The Hall–Kier alpha value is -4.02. The molecule has 4 aromatic rings. The van der Waals surface area contributed by atoms with E-state index in [4.69, 9.17) is 22.9 Å². The molecule has 10 heteroatoms. The third-order valence-electron chi connectivity index (χ3n) is 5.66. The molecule has 0 amide bonds. The van der Waals surface area contributed by atoms with Gasteiger partial charge in [0.15, 0.2) is 0 Å². The average molecular weight is 490 g/mol. The third-order valence-corrected chi connectivity index (χ3v) is 6.14. The number of anilines is 2. The molecule has 0 saturated carbocycles. The lowest BCUT2D eigenvalue weighted by Crippen LogP contribution is -2.37. The van der Waals surface area contributed by atoms with Gasteiger partial charge in [-0.1, -0.05) is 42.5 Å². The first kappa shape index (κ1) is 24.1. The summed E-state index contributed by atoms with van der Waals surface area (Å²) in [6.45, 7) is 1.82. The van der Waals surface area contributed by atoms with Gasteiger partial charge in [-0.05, 0) is 36.8 Å². The van der Waals surface area contributed by atoms with E-state index in [1.807, 2.05) is 65.4 Å². The van der Waals surface area contributed by atoms with Crippen LogP contribution in [-0.4, -0.2) is 36.2 Å². The van der Waals surface area contributed by atoms with Gasteiger partial charge in [0.1, 0.15) is 16.3 Å². The molecule has 4 N–H and O–H groups in total. The highest BCUT2D eigenvalue weighted by Crippen LogP contribution is 2.20. The highest BCUT2D eigenvalue weighted by atomic mass is 32.1. The lowest BCUT2D eigenvalue weighted by molar-refractivity contribution is 0.235. The maximum atomic E-state index is 12.9. The van der Waals surface area contributed by atoms with Crippen LogP contribution < -0.4 is 16.7 Å². The molecule has 0 bridgehead atoms. The molecular formula is C25H27N7O2S. The van der Waals surface area contributed by atoms with Gasteiger partial charge >= 0.3 is 5.69 Å². The van der Waals surface area contributed by atoms with Crippen LogP contribution >= 0.6 is 12.2 Å². The van der Waals surface area contributed by atoms with Crippen molar-refractivity contribution in [2.45, 2.75) is 19.5 Å². The normalized spacial score (nSPS) is 12.5. The highest BCUT2D eigenvalue weighted by molar-refractivity contribution is 7.71. The second kappa shape index (κ2) is 10.5. The SMILES string of the molecule is CC(CO)n1c(N)c(C(=NCc2ccc(-n3ccnc3)cc2)Nc2ccccc2)c(=S)n(C)c1=O. The summed E-state index contributed by atoms with van der Waals surface area (Å²) >= 11 is 5.61. The largest absolute Gasteiger partial charge is 0.394 e. The van der Waals surface area contributed by atoms with Crippen LogP contribution in [0.5, 0.6) is 0 Å². The topological polar surface area (TPSA) is 115 Å². The summed E-state index contributed by atoms with van der Waals surface area (Å²) in [5, 5.41) is 13.0. The summed E-state index contributed by atoms with van der Waals surface area (Å²) in [4.78, 5) is 21.8. The zero-order chi connectivity index (χ0) is 24.9. The minimum absolute atomic E-state index is 0.150. The predicted molar refractivity (Wildman–Crippen MR) is 141 cm³/mol. The first-order valence-electron chi connectivity index (χ1n) is 11.1. The summed E-state index contributed by atoms with van der Waals surface area (Å²) in [6.07, 6.45) is 5.35. The van der Waals surface area contributed by atoms with E-state index in [-0.39, 0.29) is 17.1 Å². The standard InChI is InChI=1S/C25H27N7O2S/c1-17(15-33)32-22(26)21(24(35)30(2)25(32)34)23(29-19-6-4-3-5-7-19)28-14-18-8-10-20(11-9-18)31-13-12-27-16-31/h3-13,16-17,33H,14-15,26H2,1-2H3,(H,28,29). The summed E-state index contributed by atoms with van der Waals surface area (Å²) in [6, 6.07) is 17.0. The van der Waals surface area contributed by atoms with E-state index in [2.05, 4.69) is 10.3 Å². The minimum atomic E-state index is -0.531.